The van der Waals surface area contributed by atoms with Gasteiger partial charge in [-0.05, 0) is 27.2 Å². The van der Waals surface area contributed by atoms with Crippen LogP contribution >= 0.6 is 0 Å². The summed E-state index contributed by atoms with van der Waals surface area (Å²) in [5.41, 5.74) is 0. The molecule has 0 saturated heterocycles. The molecular formula is C14H27N5O. The average molecular weight is 281 g/mol. The van der Waals surface area contributed by atoms with E-state index in [1.165, 1.54) is 19.3 Å². The van der Waals surface area contributed by atoms with Crippen LogP contribution < -0.4 is 10.6 Å². The Bertz CT molecular complexity index is 402. The van der Waals surface area contributed by atoms with E-state index in [1.807, 2.05) is 0 Å². The molecule has 1 aromatic rings. The summed E-state index contributed by atoms with van der Waals surface area (Å²) < 4.78 is 5.05. The third-order valence-corrected chi connectivity index (χ3v) is 2.91. The molecule has 6 nitrogen and oxygen atoms in total. The largest absolute Gasteiger partial charge is 0.357 e. The molecule has 6 heteroatoms. The zero-order valence-corrected chi connectivity index (χ0v) is 13.1. The fourth-order valence-corrected chi connectivity index (χ4v) is 1.88. The van der Waals surface area contributed by atoms with Crippen molar-refractivity contribution in [2.75, 3.05) is 6.54 Å². The van der Waals surface area contributed by atoms with E-state index in [2.05, 4.69) is 46.5 Å². The van der Waals surface area contributed by atoms with Gasteiger partial charge in [-0.2, -0.15) is 4.98 Å². The SMILES string of the molecule is CCCCCC(C)NC(=NCc1nc(C)no1)NCC. The van der Waals surface area contributed by atoms with Gasteiger partial charge in [-0.25, -0.2) is 4.99 Å². The second kappa shape index (κ2) is 9.34. The van der Waals surface area contributed by atoms with Crippen LogP contribution in [0.15, 0.2) is 9.52 Å². The molecule has 0 aromatic carbocycles. The van der Waals surface area contributed by atoms with Gasteiger partial charge in [-0.1, -0.05) is 31.3 Å². The van der Waals surface area contributed by atoms with Crippen molar-refractivity contribution in [1.29, 1.82) is 0 Å². The third kappa shape index (κ3) is 6.54. The number of unbranched alkanes of at least 4 members (excludes halogenated alkanes) is 2. The molecule has 1 heterocycles. The second-order valence-corrected chi connectivity index (χ2v) is 4.97. The summed E-state index contributed by atoms with van der Waals surface area (Å²) in [4.78, 5) is 8.61. The van der Waals surface area contributed by atoms with E-state index in [4.69, 9.17) is 4.52 Å². The van der Waals surface area contributed by atoms with Crippen LogP contribution in [0, 0.1) is 6.92 Å². The number of hydrogen-bond donors (Lipinski definition) is 2. The summed E-state index contributed by atoms with van der Waals surface area (Å²) in [7, 11) is 0. The first-order valence-corrected chi connectivity index (χ1v) is 7.49. The molecule has 1 aromatic heterocycles. The number of aryl methyl sites for hydroxylation is 1. The second-order valence-electron chi connectivity index (χ2n) is 4.97. The van der Waals surface area contributed by atoms with E-state index >= 15 is 0 Å². The summed E-state index contributed by atoms with van der Waals surface area (Å²) >= 11 is 0. The molecule has 0 aliphatic carbocycles. The predicted molar refractivity (Wildman–Crippen MR) is 80.6 cm³/mol. The predicted octanol–water partition coefficient (Wildman–Crippen LogP) is 2.40. The molecule has 0 saturated carbocycles. The van der Waals surface area contributed by atoms with Crippen molar-refractivity contribution in [2.45, 2.75) is 66.0 Å². The average Bonchev–Trinajstić information content (AvgIpc) is 2.82. The van der Waals surface area contributed by atoms with E-state index in [-0.39, 0.29) is 0 Å². The number of aliphatic imine (C=N–C) groups is 1. The lowest BCUT2D eigenvalue weighted by Gasteiger charge is -2.17. The zero-order valence-electron chi connectivity index (χ0n) is 13.1. The Hall–Kier alpha value is -1.59. The molecule has 114 valence electrons. The van der Waals surface area contributed by atoms with Gasteiger partial charge < -0.3 is 15.2 Å². The Morgan fingerprint density at radius 3 is 2.75 bits per heavy atom. The highest BCUT2D eigenvalue weighted by atomic mass is 16.5. The van der Waals surface area contributed by atoms with Crippen LogP contribution in [-0.4, -0.2) is 28.7 Å². The van der Waals surface area contributed by atoms with E-state index in [1.54, 1.807) is 6.92 Å². The Labute approximate surface area is 121 Å². The van der Waals surface area contributed by atoms with Crippen molar-refractivity contribution in [3.05, 3.63) is 11.7 Å². The number of aromatic nitrogens is 2. The van der Waals surface area contributed by atoms with Gasteiger partial charge >= 0.3 is 0 Å². The molecule has 1 unspecified atom stereocenters. The van der Waals surface area contributed by atoms with Gasteiger partial charge in [0.25, 0.3) is 0 Å². The van der Waals surface area contributed by atoms with E-state index in [0.717, 1.165) is 18.9 Å². The molecule has 0 aliphatic heterocycles. The Balaban J connectivity index is 2.45. The van der Waals surface area contributed by atoms with Gasteiger partial charge in [0, 0.05) is 12.6 Å². The van der Waals surface area contributed by atoms with Crippen LogP contribution in [0.3, 0.4) is 0 Å². The first kappa shape index (κ1) is 16.5. The number of rotatable bonds is 8. The minimum Gasteiger partial charge on any atom is -0.357 e. The molecule has 0 radical (unpaired) electrons. The van der Waals surface area contributed by atoms with E-state index in [0.29, 0.717) is 24.3 Å². The molecule has 0 amide bonds. The zero-order chi connectivity index (χ0) is 14.8. The number of nitrogens with one attached hydrogen (secondary N) is 2. The molecule has 0 spiro atoms. The van der Waals surface area contributed by atoms with Gasteiger partial charge in [-0.3, -0.25) is 0 Å². The molecule has 2 N–H and O–H groups in total. The molecule has 0 fully saturated rings. The number of nitrogens with zero attached hydrogens (tertiary/aromatic N) is 3. The molecule has 20 heavy (non-hydrogen) atoms. The normalized spacial score (nSPS) is 13.3. The van der Waals surface area contributed by atoms with Crippen molar-refractivity contribution in [1.82, 2.24) is 20.8 Å². The van der Waals surface area contributed by atoms with E-state index < -0.39 is 0 Å². The standard InChI is InChI=1S/C14H27N5O/c1-5-7-8-9-11(3)17-14(15-6-2)16-10-13-18-12(4)19-20-13/h11H,5-10H2,1-4H3,(H2,15,16,17). The van der Waals surface area contributed by atoms with Crippen molar-refractivity contribution < 1.29 is 4.52 Å². The third-order valence-electron chi connectivity index (χ3n) is 2.91. The highest BCUT2D eigenvalue weighted by molar-refractivity contribution is 5.79. The fraction of sp³-hybridized carbons (Fsp3) is 0.786. The maximum absolute atomic E-state index is 5.05. The lowest BCUT2D eigenvalue weighted by atomic mass is 10.1. The lowest BCUT2D eigenvalue weighted by molar-refractivity contribution is 0.376. The number of guanidine groups is 1. The summed E-state index contributed by atoms with van der Waals surface area (Å²) in [5.74, 6) is 1.98. The molecular weight excluding hydrogens is 254 g/mol. The highest BCUT2D eigenvalue weighted by Crippen LogP contribution is 2.03. The van der Waals surface area contributed by atoms with Crippen LogP contribution in [-0.2, 0) is 6.54 Å². The molecule has 0 bridgehead atoms. The molecule has 0 aliphatic rings. The Kier molecular flexibility index (Phi) is 7.69. The molecule has 1 rings (SSSR count). The molecule has 1 atom stereocenters. The first-order valence-electron chi connectivity index (χ1n) is 7.49. The van der Waals surface area contributed by atoms with Gasteiger partial charge in [0.1, 0.15) is 6.54 Å². The smallest absolute Gasteiger partial charge is 0.248 e. The quantitative estimate of drug-likeness (QED) is 0.435. The van der Waals surface area contributed by atoms with Crippen molar-refractivity contribution in [3.63, 3.8) is 0 Å². The van der Waals surface area contributed by atoms with Crippen molar-refractivity contribution in [2.24, 2.45) is 4.99 Å². The van der Waals surface area contributed by atoms with E-state index in [9.17, 15) is 0 Å². The fourth-order valence-electron chi connectivity index (χ4n) is 1.88. The monoisotopic (exact) mass is 281 g/mol. The van der Waals surface area contributed by atoms with Crippen LogP contribution in [0.4, 0.5) is 0 Å². The van der Waals surface area contributed by atoms with Gasteiger partial charge in [-0.15, -0.1) is 0 Å². The topological polar surface area (TPSA) is 75.3 Å². The lowest BCUT2D eigenvalue weighted by Crippen LogP contribution is -2.42. The van der Waals surface area contributed by atoms with Gasteiger partial charge in [0.2, 0.25) is 5.89 Å². The Morgan fingerprint density at radius 2 is 2.15 bits per heavy atom. The van der Waals surface area contributed by atoms with Crippen LogP contribution in [0.25, 0.3) is 0 Å². The van der Waals surface area contributed by atoms with Crippen LogP contribution in [0.2, 0.25) is 0 Å². The first-order chi connectivity index (χ1) is 9.65. The maximum Gasteiger partial charge on any atom is 0.248 e. The number of hydrogen-bond acceptors (Lipinski definition) is 4. The van der Waals surface area contributed by atoms with Crippen LogP contribution in [0.5, 0.6) is 0 Å². The minimum absolute atomic E-state index is 0.401. The summed E-state index contributed by atoms with van der Waals surface area (Å²) in [6.07, 6.45) is 4.92. The minimum atomic E-state index is 0.401. The van der Waals surface area contributed by atoms with Crippen molar-refractivity contribution >= 4 is 5.96 Å². The van der Waals surface area contributed by atoms with Crippen molar-refractivity contribution in [3.8, 4) is 0 Å². The Morgan fingerprint density at radius 1 is 1.35 bits per heavy atom. The summed E-state index contributed by atoms with van der Waals surface area (Å²) in [6.45, 7) is 9.48. The summed E-state index contributed by atoms with van der Waals surface area (Å²) in [6, 6.07) is 0.406. The summed E-state index contributed by atoms with van der Waals surface area (Å²) in [5, 5.41) is 10.4. The van der Waals surface area contributed by atoms with Crippen LogP contribution in [0.1, 0.15) is 58.2 Å². The van der Waals surface area contributed by atoms with Gasteiger partial charge in [0.05, 0.1) is 0 Å². The van der Waals surface area contributed by atoms with Gasteiger partial charge in [0.15, 0.2) is 11.8 Å². The highest BCUT2D eigenvalue weighted by Gasteiger charge is 2.06. The maximum atomic E-state index is 5.05.